The molecule has 1 fully saturated rings. The molecule has 0 saturated carbocycles. The minimum Gasteiger partial charge on any atom is -0.327 e. The number of para-hydroxylation sites is 2. The first-order valence-electron chi connectivity index (χ1n) is 7.12. The van der Waals surface area contributed by atoms with Crippen molar-refractivity contribution in [2.75, 3.05) is 13.1 Å². The molecule has 0 N–H and O–H groups in total. The number of likely N-dealkylation sites (tertiary alicyclic amines) is 1. The fraction of sp³-hybridized carbons (Fsp3) is 0.294. The van der Waals surface area contributed by atoms with Gasteiger partial charge in [-0.15, -0.1) is 0 Å². The van der Waals surface area contributed by atoms with Gasteiger partial charge in [-0.2, -0.15) is 0 Å². The SMILES string of the molecule is c1ccc2c(c1)c1ccccc1n2CN1CCCC1. The van der Waals surface area contributed by atoms with Crippen molar-refractivity contribution in [1.29, 1.82) is 0 Å². The Hall–Kier alpha value is -1.80. The van der Waals surface area contributed by atoms with E-state index in [0.717, 1.165) is 6.67 Å². The summed E-state index contributed by atoms with van der Waals surface area (Å²) in [6.07, 6.45) is 2.69. The quantitative estimate of drug-likeness (QED) is 0.670. The van der Waals surface area contributed by atoms with Crippen LogP contribution in [0.15, 0.2) is 48.5 Å². The van der Waals surface area contributed by atoms with Crippen LogP contribution in [0.2, 0.25) is 0 Å². The average Bonchev–Trinajstić information content (AvgIpc) is 3.08. The zero-order chi connectivity index (χ0) is 12.7. The fourth-order valence-corrected chi connectivity index (χ4v) is 3.28. The standard InChI is InChI=1S/C17H18N2/c1-3-9-16-14(7-1)15-8-2-4-10-17(15)19(16)13-18-11-5-6-12-18/h1-4,7-10H,5-6,11-13H2. The maximum absolute atomic E-state index is 2.55. The molecule has 19 heavy (non-hydrogen) atoms. The molecule has 3 aromatic rings. The number of nitrogens with zero attached hydrogens (tertiary/aromatic N) is 2. The van der Waals surface area contributed by atoms with Crippen molar-refractivity contribution in [3.63, 3.8) is 0 Å². The summed E-state index contributed by atoms with van der Waals surface area (Å²) in [7, 11) is 0. The van der Waals surface area contributed by atoms with Crippen molar-refractivity contribution in [2.45, 2.75) is 19.5 Å². The first-order valence-corrected chi connectivity index (χ1v) is 7.12. The van der Waals surface area contributed by atoms with Crippen LogP contribution in [0.5, 0.6) is 0 Å². The van der Waals surface area contributed by atoms with Gasteiger partial charge in [0.25, 0.3) is 0 Å². The number of fused-ring (bicyclic) bond motifs is 3. The van der Waals surface area contributed by atoms with Gasteiger partial charge in [-0.1, -0.05) is 36.4 Å². The molecular weight excluding hydrogens is 232 g/mol. The molecule has 2 heterocycles. The molecule has 0 aliphatic carbocycles. The molecule has 0 unspecified atom stereocenters. The van der Waals surface area contributed by atoms with Gasteiger partial charge in [0.15, 0.2) is 0 Å². The molecule has 0 atom stereocenters. The summed E-state index contributed by atoms with van der Waals surface area (Å²) in [6, 6.07) is 17.5. The largest absolute Gasteiger partial charge is 0.327 e. The topological polar surface area (TPSA) is 8.17 Å². The molecule has 0 bridgehead atoms. The number of hydrogen-bond donors (Lipinski definition) is 0. The molecule has 2 nitrogen and oxygen atoms in total. The predicted octanol–water partition coefficient (Wildman–Crippen LogP) is 3.85. The summed E-state index contributed by atoms with van der Waals surface area (Å²) in [5.41, 5.74) is 2.71. The second kappa shape index (κ2) is 4.39. The van der Waals surface area contributed by atoms with E-state index in [1.165, 1.54) is 47.7 Å². The lowest BCUT2D eigenvalue weighted by atomic mass is 10.2. The lowest BCUT2D eigenvalue weighted by Gasteiger charge is -2.17. The monoisotopic (exact) mass is 250 g/mol. The van der Waals surface area contributed by atoms with Crippen LogP contribution in [0, 0.1) is 0 Å². The number of benzene rings is 2. The van der Waals surface area contributed by atoms with E-state index in [0.29, 0.717) is 0 Å². The second-order valence-corrected chi connectivity index (χ2v) is 5.43. The first-order chi connectivity index (χ1) is 9.43. The minimum atomic E-state index is 1.02. The highest BCUT2D eigenvalue weighted by Crippen LogP contribution is 2.29. The smallest absolute Gasteiger partial charge is 0.0757 e. The van der Waals surface area contributed by atoms with Crippen molar-refractivity contribution in [1.82, 2.24) is 9.47 Å². The highest BCUT2D eigenvalue weighted by atomic mass is 15.3. The van der Waals surface area contributed by atoms with Crippen LogP contribution < -0.4 is 0 Å². The molecule has 96 valence electrons. The molecule has 2 aromatic carbocycles. The van der Waals surface area contributed by atoms with Crippen molar-refractivity contribution >= 4 is 21.8 Å². The van der Waals surface area contributed by atoms with E-state index in [1.54, 1.807) is 0 Å². The molecule has 1 saturated heterocycles. The third-order valence-corrected chi connectivity index (χ3v) is 4.22. The third-order valence-electron chi connectivity index (χ3n) is 4.22. The highest BCUT2D eigenvalue weighted by Gasteiger charge is 2.15. The average molecular weight is 250 g/mol. The highest BCUT2D eigenvalue weighted by molar-refractivity contribution is 6.07. The summed E-state index contributed by atoms with van der Waals surface area (Å²) >= 11 is 0. The van der Waals surface area contributed by atoms with Crippen LogP contribution in [0.3, 0.4) is 0 Å². The number of rotatable bonds is 2. The van der Waals surface area contributed by atoms with Gasteiger partial charge in [-0.3, -0.25) is 4.90 Å². The molecule has 1 aliphatic heterocycles. The Balaban J connectivity index is 1.94. The van der Waals surface area contributed by atoms with Gasteiger partial charge >= 0.3 is 0 Å². The van der Waals surface area contributed by atoms with Crippen molar-refractivity contribution in [2.24, 2.45) is 0 Å². The number of hydrogen-bond acceptors (Lipinski definition) is 1. The van der Waals surface area contributed by atoms with E-state index in [1.807, 2.05) is 0 Å². The first kappa shape index (κ1) is 11.1. The lowest BCUT2D eigenvalue weighted by molar-refractivity contribution is 0.279. The van der Waals surface area contributed by atoms with Crippen LogP contribution in [-0.4, -0.2) is 22.6 Å². The molecular formula is C17H18N2. The Bertz CT molecular complexity index is 667. The zero-order valence-corrected chi connectivity index (χ0v) is 11.0. The van der Waals surface area contributed by atoms with Gasteiger partial charge in [0.1, 0.15) is 0 Å². The second-order valence-electron chi connectivity index (χ2n) is 5.43. The van der Waals surface area contributed by atoms with Crippen LogP contribution in [0.1, 0.15) is 12.8 Å². The molecule has 4 rings (SSSR count). The van der Waals surface area contributed by atoms with Crippen LogP contribution in [-0.2, 0) is 6.67 Å². The molecule has 0 amide bonds. The maximum atomic E-state index is 2.55. The van der Waals surface area contributed by atoms with E-state index in [4.69, 9.17) is 0 Å². The third kappa shape index (κ3) is 1.75. The Morgan fingerprint density at radius 1 is 0.737 bits per heavy atom. The van der Waals surface area contributed by atoms with E-state index >= 15 is 0 Å². The summed E-state index contributed by atoms with van der Waals surface area (Å²) in [5.74, 6) is 0. The van der Waals surface area contributed by atoms with E-state index in [9.17, 15) is 0 Å². The van der Waals surface area contributed by atoms with E-state index in [-0.39, 0.29) is 0 Å². The predicted molar refractivity (Wildman–Crippen MR) is 80.3 cm³/mol. The molecule has 0 radical (unpaired) electrons. The Kier molecular flexibility index (Phi) is 2.56. The Labute approximate surface area is 113 Å². The maximum Gasteiger partial charge on any atom is 0.0757 e. The Morgan fingerprint density at radius 3 is 1.84 bits per heavy atom. The minimum absolute atomic E-state index is 1.02. The van der Waals surface area contributed by atoms with Gasteiger partial charge in [0, 0.05) is 10.8 Å². The fourth-order valence-electron chi connectivity index (χ4n) is 3.28. The summed E-state index contributed by atoms with van der Waals surface area (Å²) < 4.78 is 2.47. The van der Waals surface area contributed by atoms with E-state index in [2.05, 4.69) is 58.0 Å². The zero-order valence-electron chi connectivity index (χ0n) is 11.0. The van der Waals surface area contributed by atoms with Crippen LogP contribution in [0.25, 0.3) is 21.8 Å². The molecule has 2 heteroatoms. The van der Waals surface area contributed by atoms with E-state index < -0.39 is 0 Å². The van der Waals surface area contributed by atoms with Crippen molar-refractivity contribution in [3.05, 3.63) is 48.5 Å². The normalized spacial score (nSPS) is 16.6. The number of aromatic nitrogens is 1. The lowest BCUT2D eigenvalue weighted by Crippen LogP contribution is -2.22. The van der Waals surface area contributed by atoms with Gasteiger partial charge < -0.3 is 4.57 Å². The summed E-state index contributed by atoms with van der Waals surface area (Å²) in [4.78, 5) is 2.55. The van der Waals surface area contributed by atoms with Gasteiger partial charge in [-0.05, 0) is 38.1 Å². The van der Waals surface area contributed by atoms with Gasteiger partial charge in [0.05, 0.1) is 17.7 Å². The molecule has 0 spiro atoms. The Morgan fingerprint density at radius 2 is 1.26 bits per heavy atom. The summed E-state index contributed by atoms with van der Waals surface area (Å²) in [5, 5.41) is 2.74. The van der Waals surface area contributed by atoms with Crippen molar-refractivity contribution in [3.8, 4) is 0 Å². The van der Waals surface area contributed by atoms with Crippen LogP contribution >= 0.6 is 0 Å². The molecule has 1 aromatic heterocycles. The van der Waals surface area contributed by atoms with Crippen molar-refractivity contribution < 1.29 is 0 Å². The van der Waals surface area contributed by atoms with Gasteiger partial charge in [0.2, 0.25) is 0 Å². The molecule has 1 aliphatic rings. The van der Waals surface area contributed by atoms with Crippen LogP contribution in [0.4, 0.5) is 0 Å². The summed E-state index contributed by atoms with van der Waals surface area (Å²) in [6.45, 7) is 3.50. The van der Waals surface area contributed by atoms with Gasteiger partial charge in [-0.25, -0.2) is 0 Å².